The Hall–Kier alpha value is -0.450. The first-order valence-electron chi connectivity index (χ1n) is 4.75. The average molecular weight is 214 g/mol. The molecule has 0 spiro atoms. The largest absolute Gasteiger partial charge is 0.382 e. The zero-order chi connectivity index (χ0) is 10.6. The predicted molar refractivity (Wildman–Crippen MR) is 59.6 cm³/mol. The number of thiazole rings is 1. The topological polar surface area (TPSA) is 34.1 Å². The molecule has 0 aromatic carbocycles. The molecule has 0 amide bonds. The van der Waals surface area contributed by atoms with Crippen LogP contribution >= 0.6 is 11.3 Å². The number of rotatable bonds is 5. The number of nitrogens with one attached hydrogen (secondary N) is 1. The fourth-order valence-corrected chi connectivity index (χ4v) is 2.34. The van der Waals surface area contributed by atoms with Crippen molar-refractivity contribution in [3.8, 4) is 0 Å². The summed E-state index contributed by atoms with van der Waals surface area (Å²) in [7, 11) is 1.72. The van der Waals surface area contributed by atoms with E-state index in [1.54, 1.807) is 18.4 Å². The van der Waals surface area contributed by atoms with Gasteiger partial charge in [0.25, 0.3) is 0 Å². The van der Waals surface area contributed by atoms with Crippen molar-refractivity contribution in [3.05, 3.63) is 16.6 Å². The third-order valence-corrected chi connectivity index (χ3v) is 2.98. The molecule has 80 valence electrons. The molecule has 0 radical (unpaired) electrons. The van der Waals surface area contributed by atoms with E-state index in [0.29, 0.717) is 12.6 Å². The van der Waals surface area contributed by atoms with Crippen molar-refractivity contribution in [2.45, 2.75) is 32.4 Å². The summed E-state index contributed by atoms with van der Waals surface area (Å²) in [5.41, 5.74) is -0.170. The molecule has 1 aromatic heterocycles. The Morgan fingerprint density at radius 3 is 2.79 bits per heavy atom. The minimum atomic E-state index is -0.170. The molecule has 1 N–H and O–H groups in total. The fraction of sp³-hybridized carbons (Fsp3) is 0.700. The van der Waals surface area contributed by atoms with E-state index in [0.717, 1.165) is 5.01 Å². The molecule has 1 rings (SSSR count). The van der Waals surface area contributed by atoms with Crippen LogP contribution in [0.25, 0.3) is 0 Å². The summed E-state index contributed by atoms with van der Waals surface area (Å²) < 4.78 is 5.24. The van der Waals surface area contributed by atoms with Gasteiger partial charge in [-0.1, -0.05) is 0 Å². The van der Waals surface area contributed by atoms with Crippen molar-refractivity contribution in [3.63, 3.8) is 0 Å². The molecule has 0 saturated carbocycles. The molecule has 0 bridgehead atoms. The van der Waals surface area contributed by atoms with Gasteiger partial charge in [-0.05, 0) is 20.8 Å². The second kappa shape index (κ2) is 4.87. The summed E-state index contributed by atoms with van der Waals surface area (Å²) in [6.07, 6.45) is 1.83. The van der Waals surface area contributed by atoms with E-state index in [9.17, 15) is 0 Å². The molecule has 1 aromatic rings. The lowest BCUT2D eigenvalue weighted by molar-refractivity contribution is 0.112. The van der Waals surface area contributed by atoms with Gasteiger partial charge < -0.3 is 10.1 Å². The maximum Gasteiger partial charge on any atom is 0.115 e. The van der Waals surface area contributed by atoms with Crippen LogP contribution in [0.2, 0.25) is 0 Å². The monoisotopic (exact) mass is 214 g/mol. The average Bonchev–Trinajstić information content (AvgIpc) is 2.54. The van der Waals surface area contributed by atoms with Gasteiger partial charge in [-0.15, -0.1) is 11.3 Å². The molecule has 4 heteroatoms. The van der Waals surface area contributed by atoms with Crippen molar-refractivity contribution in [1.82, 2.24) is 10.3 Å². The van der Waals surface area contributed by atoms with E-state index < -0.39 is 0 Å². The predicted octanol–water partition coefficient (Wildman–Crippen LogP) is 2.00. The van der Waals surface area contributed by atoms with Crippen LogP contribution in [0.1, 0.15) is 25.8 Å². The number of nitrogens with zero attached hydrogens (tertiary/aromatic N) is 1. The van der Waals surface area contributed by atoms with Crippen LogP contribution in [0.5, 0.6) is 0 Å². The molecule has 1 heterocycles. The van der Waals surface area contributed by atoms with Crippen molar-refractivity contribution in [1.29, 1.82) is 0 Å². The Kier molecular flexibility index (Phi) is 4.04. The Morgan fingerprint density at radius 2 is 2.36 bits per heavy atom. The molecule has 0 aliphatic heterocycles. The van der Waals surface area contributed by atoms with Crippen LogP contribution in [-0.4, -0.2) is 24.7 Å². The fourth-order valence-electron chi connectivity index (χ4n) is 1.59. The van der Waals surface area contributed by atoms with E-state index in [-0.39, 0.29) is 5.54 Å². The van der Waals surface area contributed by atoms with Crippen LogP contribution in [0.15, 0.2) is 11.6 Å². The maximum absolute atomic E-state index is 5.24. The molecule has 0 aliphatic rings. The summed E-state index contributed by atoms with van der Waals surface area (Å²) in [6, 6.07) is 0.416. The van der Waals surface area contributed by atoms with Crippen molar-refractivity contribution in [2.24, 2.45) is 0 Å². The minimum absolute atomic E-state index is 0.170. The zero-order valence-electron chi connectivity index (χ0n) is 9.20. The zero-order valence-corrected chi connectivity index (χ0v) is 10.0. The molecular weight excluding hydrogens is 196 g/mol. The van der Waals surface area contributed by atoms with Gasteiger partial charge in [0.1, 0.15) is 5.01 Å². The second-order valence-electron chi connectivity index (χ2n) is 3.90. The standard InChI is InChI=1S/C10H18N2OS/c1-8(2)12-10(3,7-13-4)9-11-5-6-14-9/h5-6,8,12H,7H2,1-4H3. The summed E-state index contributed by atoms with van der Waals surface area (Å²) in [4.78, 5) is 4.34. The summed E-state index contributed by atoms with van der Waals surface area (Å²) in [5.74, 6) is 0. The van der Waals surface area contributed by atoms with Gasteiger partial charge in [-0.2, -0.15) is 0 Å². The first-order valence-corrected chi connectivity index (χ1v) is 5.63. The van der Waals surface area contributed by atoms with E-state index in [2.05, 4.69) is 31.1 Å². The van der Waals surface area contributed by atoms with Crippen LogP contribution in [0.3, 0.4) is 0 Å². The first kappa shape index (κ1) is 11.6. The number of aromatic nitrogens is 1. The van der Waals surface area contributed by atoms with Crippen molar-refractivity contribution < 1.29 is 4.74 Å². The van der Waals surface area contributed by atoms with Crippen molar-refractivity contribution >= 4 is 11.3 Å². The highest BCUT2D eigenvalue weighted by molar-refractivity contribution is 7.09. The Morgan fingerprint density at radius 1 is 1.64 bits per heavy atom. The van der Waals surface area contributed by atoms with E-state index in [1.807, 2.05) is 11.6 Å². The normalized spacial score (nSPS) is 15.8. The van der Waals surface area contributed by atoms with E-state index in [4.69, 9.17) is 4.74 Å². The Balaban J connectivity index is 2.81. The highest BCUT2D eigenvalue weighted by Gasteiger charge is 2.29. The molecular formula is C10H18N2OS. The summed E-state index contributed by atoms with van der Waals surface area (Å²) >= 11 is 1.66. The molecule has 3 nitrogen and oxygen atoms in total. The smallest absolute Gasteiger partial charge is 0.115 e. The van der Waals surface area contributed by atoms with Crippen LogP contribution < -0.4 is 5.32 Å². The molecule has 1 unspecified atom stereocenters. The number of hydrogen-bond donors (Lipinski definition) is 1. The molecule has 0 saturated heterocycles. The van der Waals surface area contributed by atoms with Gasteiger partial charge in [-0.25, -0.2) is 4.98 Å². The minimum Gasteiger partial charge on any atom is -0.382 e. The van der Waals surface area contributed by atoms with Crippen LogP contribution in [-0.2, 0) is 10.3 Å². The molecule has 0 fully saturated rings. The maximum atomic E-state index is 5.24. The van der Waals surface area contributed by atoms with Gasteiger partial charge in [0.15, 0.2) is 0 Å². The third-order valence-electron chi connectivity index (χ3n) is 1.94. The molecule has 0 aliphatic carbocycles. The van der Waals surface area contributed by atoms with Gasteiger partial charge >= 0.3 is 0 Å². The van der Waals surface area contributed by atoms with E-state index in [1.165, 1.54) is 0 Å². The highest BCUT2D eigenvalue weighted by atomic mass is 32.1. The summed E-state index contributed by atoms with van der Waals surface area (Å²) in [5, 5.41) is 6.55. The van der Waals surface area contributed by atoms with Gasteiger partial charge in [-0.3, -0.25) is 0 Å². The van der Waals surface area contributed by atoms with Crippen LogP contribution in [0, 0.1) is 0 Å². The van der Waals surface area contributed by atoms with Gasteiger partial charge in [0, 0.05) is 24.7 Å². The third kappa shape index (κ3) is 2.77. The van der Waals surface area contributed by atoms with E-state index >= 15 is 0 Å². The SMILES string of the molecule is COCC(C)(NC(C)C)c1nccs1. The second-order valence-corrected chi connectivity index (χ2v) is 4.80. The lowest BCUT2D eigenvalue weighted by Crippen LogP contribution is -2.46. The molecule has 14 heavy (non-hydrogen) atoms. The first-order chi connectivity index (χ1) is 6.58. The van der Waals surface area contributed by atoms with Crippen LogP contribution in [0.4, 0.5) is 0 Å². The van der Waals surface area contributed by atoms with Gasteiger partial charge in [0.05, 0.1) is 12.1 Å². The Bertz CT molecular complexity index is 261. The number of ether oxygens (including phenoxy) is 1. The summed E-state index contributed by atoms with van der Waals surface area (Å²) in [6.45, 7) is 7.01. The Labute approximate surface area is 89.5 Å². The van der Waals surface area contributed by atoms with Gasteiger partial charge in [0.2, 0.25) is 0 Å². The highest BCUT2D eigenvalue weighted by Crippen LogP contribution is 2.23. The number of methoxy groups -OCH3 is 1. The lowest BCUT2D eigenvalue weighted by Gasteiger charge is -2.30. The quantitative estimate of drug-likeness (QED) is 0.814. The van der Waals surface area contributed by atoms with Crippen molar-refractivity contribution in [2.75, 3.05) is 13.7 Å². The molecule has 1 atom stereocenters. The lowest BCUT2D eigenvalue weighted by atomic mass is 10.0. The number of hydrogen-bond acceptors (Lipinski definition) is 4.